The highest BCUT2D eigenvalue weighted by Crippen LogP contribution is 2.34. The molecule has 0 aromatic heterocycles. The van der Waals surface area contributed by atoms with Crippen LogP contribution in [0.3, 0.4) is 0 Å². The average molecular weight is 465 g/mol. The zero-order valence-electron chi connectivity index (χ0n) is 15.8. The number of carbonyl (C=O) groups is 2. The first-order valence-electron chi connectivity index (χ1n) is 8.49. The maximum Gasteiger partial charge on any atom is 0.460 e. The molecule has 0 saturated heterocycles. The third-order valence-corrected chi connectivity index (χ3v) is 4.68. The zero-order chi connectivity index (χ0) is 22.5. The summed E-state index contributed by atoms with van der Waals surface area (Å²) in [4.78, 5) is 24.4. The van der Waals surface area contributed by atoms with Crippen LogP contribution in [0.15, 0.2) is 42.5 Å². The molecule has 2 rings (SSSR count). The summed E-state index contributed by atoms with van der Waals surface area (Å²) in [5, 5.41) is 3.92. The lowest BCUT2D eigenvalue weighted by atomic mass is 10.1. The second-order valence-corrected chi connectivity index (χ2v) is 6.79. The lowest BCUT2D eigenvalue weighted by Crippen LogP contribution is -2.68. The standard InChI is InChI=1S/C19H17Cl2F3N2O4/c1-3-11-4-7-13(8-5-11)30-18(16(27)29-2,19(22,23)24)26-17(28)25-12-6-9-14(20)15(21)10-12/h4-10H,3H2,1-2H3,(H2,25,26,28). The van der Waals surface area contributed by atoms with Gasteiger partial charge in [-0.25, -0.2) is 9.59 Å². The molecular weight excluding hydrogens is 448 g/mol. The number of rotatable bonds is 6. The molecule has 0 spiro atoms. The minimum absolute atomic E-state index is 0.0372. The van der Waals surface area contributed by atoms with Crippen LogP contribution in [0.25, 0.3) is 0 Å². The number of anilines is 1. The minimum Gasteiger partial charge on any atom is -0.464 e. The zero-order valence-corrected chi connectivity index (χ0v) is 17.3. The number of benzene rings is 2. The number of esters is 1. The Morgan fingerprint density at radius 2 is 1.67 bits per heavy atom. The molecule has 0 bridgehead atoms. The van der Waals surface area contributed by atoms with Crippen LogP contribution < -0.4 is 15.4 Å². The van der Waals surface area contributed by atoms with Gasteiger partial charge in [0.2, 0.25) is 0 Å². The highest BCUT2D eigenvalue weighted by Gasteiger charge is 2.66. The van der Waals surface area contributed by atoms with E-state index in [9.17, 15) is 22.8 Å². The predicted octanol–water partition coefficient (Wildman–Crippen LogP) is 5.19. The number of ether oxygens (including phenoxy) is 2. The highest BCUT2D eigenvalue weighted by atomic mass is 35.5. The van der Waals surface area contributed by atoms with Crippen LogP contribution in [-0.4, -0.2) is 31.0 Å². The van der Waals surface area contributed by atoms with Gasteiger partial charge in [0.05, 0.1) is 17.2 Å². The summed E-state index contributed by atoms with van der Waals surface area (Å²) < 4.78 is 51.1. The molecule has 2 N–H and O–H groups in total. The second-order valence-electron chi connectivity index (χ2n) is 5.98. The SMILES string of the molecule is CCc1ccc(OC(NC(=O)Nc2ccc(Cl)c(Cl)c2)(C(=O)OC)C(F)(F)F)cc1. The molecule has 2 amide bonds. The summed E-state index contributed by atoms with van der Waals surface area (Å²) in [5.41, 5.74) is -2.92. The van der Waals surface area contributed by atoms with Crippen molar-refractivity contribution < 1.29 is 32.2 Å². The monoisotopic (exact) mass is 464 g/mol. The molecule has 1 atom stereocenters. The number of hydrogen-bond acceptors (Lipinski definition) is 4. The maximum absolute atomic E-state index is 14.0. The summed E-state index contributed by atoms with van der Waals surface area (Å²) in [6.45, 7) is 1.86. The van der Waals surface area contributed by atoms with E-state index in [-0.39, 0.29) is 21.5 Å². The largest absolute Gasteiger partial charge is 0.464 e. The number of alkyl halides is 3. The smallest absolute Gasteiger partial charge is 0.460 e. The van der Waals surface area contributed by atoms with Gasteiger partial charge < -0.3 is 14.8 Å². The van der Waals surface area contributed by atoms with E-state index < -0.39 is 23.9 Å². The Hall–Kier alpha value is -2.65. The normalized spacial score (nSPS) is 13.2. The van der Waals surface area contributed by atoms with E-state index >= 15 is 0 Å². The summed E-state index contributed by atoms with van der Waals surface area (Å²) >= 11 is 11.6. The maximum atomic E-state index is 14.0. The Bertz CT molecular complexity index is 923. The fourth-order valence-corrected chi connectivity index (χ4v) is 2.67. The Morgan fingerprint density at radius 3 is 2.17 bits per heavy atom. The van der Waals surface area contributed by atoms with Crippen LogP contribution in [-0.2, 0) is 16.0 Å². The van der Waals surface area contributed by atoms with E-state index in [2.05, 4.69) is 10.1 Å². The van der Waals surface area contributed by atoms with Crippen molar-refractivity contribution in [1.29, 1.82) is 0 Å². The van der Waals surface area contributed by atoms with Crippen LogP contribution in [0.4, 0.5) is 23.7 Å². The number of aryl methyl sites for hydroxylation is 1. The molecular formula is C19H17Cl2F3N2O4. The van der Waals surface area contributed by atoms with E-state index in [1.807, 2.05) is 6.92 Å². The van der Waals surface area contributed by atoms with Gasteiger partial charge in [-0.1, -0.05) is 42.3 Å². The summed E-state index contributed by atoms with van der Waals surface area (Å²) in [7, 11) is 0.741. The lowest BCUT2D eigenvalue weighted by Gasteiger charge is -2.33. The molecule has 0 aliphatic rings. The third kappa shape index (κ3) is 5.28. The van der Waals surface area contributed by atoms with Crippen molar-refractivity contribution >= 4 is 40.9 Å². The van der Waals surface area contributed by atoms with Crippen LogP contribution in [0.1, 0.15) is 12.5 Å². The van der Waals surface area contributed by atoms with Gasteiger partial charge in [0.1, 0.15) is 5.75 Å². The second kappa shape index (κ2) is 9.44. The molecule has 0 heterocycles. The number of methoxy groups -OCH3 is 1. The molecule has 0 radical (unpaired) electrons. The molecule has 1 unspecified atom stereocenters. The van der Waals surface area contributed by atoms with E-state index in [0.717, 1.165) is 12.7 Å². The van der Waals surface area contributed by atoms with Gasteiger partial charge in [-0.05, 0) is 42.3 Å². The Balaban J connectivity index is 2.36. The number of nitrogens with one attached hydrogen (secondary N) is 2. The van der Waals surface area contributed by atoms with E-state index in [1.165, 1.54) is 47.8 Å². The first-order chi connectivity index (χ1) is 14.0. The van der Waals surface area contributed by atoms with Crippen molar-refractivity contribution in [2.75, 3.05) is 12.4 Å². The number of amides is 2. The van der Waals surface area contributed by atoms with Crippen LogP contribution >= 0.6 is 23.2 Å². The molecule has 2 aromatic carbocycles. The predicted molar refractivity (Wildman–Crippen MR) is 106 cm³/mol. The van der Waals surface area contributed by atoms with Gasteiger partial charge in [-0.2, -0.15) is 13.2 Å². The summed E-state index contributed by atoms with van der Waals surface area (Å²) in [5.74, 6) is -2.16. The van der Waals surface area contributed by atoms with Crippen molar-refractivity contribution in [2.45, 2.75) is 25.2 Å². The Labute approximate surface area is 180 Å². The van der Waals surface area contributed by atoms with Crippen LogP contribution in [0, 0.1) is 0 Å². The topological polar surface area (TPSA) is 76.7 Å². The van der Waals surface area contributed by atoms with Gasteiger partial charge in [0.15, 0.2) is 0 Å². The first kappa shape index (κ1) is 23.6. The number of urea groups is 1. The van der Waals surface area contributed by atoms with Crippen LogP contribution in [0.5, 0.6) is 5.75 Å². The highest BCUT2D eigenvalue weighted by molar-refractivity contribution is 6.42. The van der Waals surface area contributed by atoms with Gasteiger partial charge in [0, 0.05) is 5.69 Å². The average Bonchev–Trinajstić information content (AvgIpc) is 2.69. The summed E-state index contributed by atoms with van der Waals surface area (Å²) in [6.07, 6.45) is -4.72. The number of halogens is 5. The molecule has 0 aliphatic heterocycles. The summed E-state index contributed by atoms with van der Waals surface area (Å²) in [6, 6.07) is 8.05. The van der Waals surface area contributed by atoms with E-state index in [1.54, 1.807) is 0 Å². The van der Waals surface area contributed by atoms with Gasteiger partial charge in [-0.15, -0.1) is 0 Å². The lowest BCUT2D eigenvalue weighted by molar-refractivity contribution is -0.258. The Morgan fingerprint density at radius 1 is 1.03 bits per heavy atom. The quantitative estimate of drug-likeness (QED) is 0.455. The van der Waals surface area contributed by atoms with E-state index in [4.69, 9.17) is 27.9 Å². The molecule has 2 aromatic rings. The first-order valence-corrected chi connectivity index (χ1v) is 9.25. The Kier molecular flexibility index (Phi) is 7.44. The van der Waals surface area contributed by atoms with Crippen molar-refractivity contribution in [1.82, 2.24) is 5.32 Å². The fourth-order valence-electron chi connectivity index (χ4n) is 2.37. The molecule has 0 saturated carbocycles. The number of hydrogen-bond donors (Lipinski definition) is 2. The van der Waals surface area contributed by atoms with Gasteiger partial charge in [-0.3, -0.25) is 5.32 Å². The van der Waals surface area contributed by atoms with Crippen molar-refractivity contribution in [3.05, 3.63) is 58.1 Å². The minimum atomic E-state index is -5.36. The van der Waals surface area contributed by atoms with E-state index in [0.29, 0.717) is 6.42 Å². The molecule has 0 aliphatic carbocycles. The fraction of sp³-hybridized carbons (Fsp3) is 0.263. The molecule has 6 nitrogen and oxygen atoms in total. The van der Waals surface area contributed by atoms with Crippen molar-refractivity contribution in [3.8, 4) is 5.75 Å². The molecule has 30 heavy (non-hydrogen) atoms. The molecule has 11 heteroatoms. The van der Waals surface area contributed by atoms with Crippen LogP contribution in [0.2, 0.25) is 10.0 Å². The van der Waals surface area contributed by atoms with Gasteiger partial charge >= 0.3 is 23.9 Å². The molecule has 162 valence electrons. The van der Waals surface area contributed by atoms with Crippen molar-refractivity contribution in [2.24, 2.45) is 0 Å². The third-order valence-electron chi connectivity index (χ3n) is 3.94. The number of carbonyl (C=O) groups excluding carboxylic acids is 2. The molecule has 0 fully saturated rings. The van der Waals surface area contributed by atoms with Crippen molar-refractivity contribution in [3.63, 3.8) is 0 Å². The van der Waals surface area contributed by atoms with Gasteiger partial charge in [0.25, 0.3) is 0 Å².